The van der Waals surface area contributed by atoms with E-state index < -0.39 is 18.2 Å². The van der Waals surface area contributed by atoms with E-state index in [4.69, 9.17) is 9.47 Å². The zero-order valence-electron chi connectivity index (χ0n) is 19.9. The van der Waals surface area contributed by atoms with Crippen LogP contribution in [0.25, 0.3) is 0 Å². The molecule has 0 spiro atoms. The maximum atomic E-state index is 13.7. The third-order valence-electron chi connectivity index (χ3n) is 6.50. The molecule has 0 bridgehead atoms. The third kappa shape index (κ3) is 4.98. The van der Waals surface area contributed by atoms with E-state index >= 15 is 0 Å². The van der Waals surface area contributed by atoms with Crippen molar-refractivity contribution in [2.45, 2.75) is 25.6 Å². The van der Waals surface area contributed by atoms with Crippen LogP contribution in [-0.2, 0) is 20.8 Å². The van der Waals surface area contributed by atoms with E-state index in [1.54, 1.807) is 35.2 Å². The van der Waals surface area contributed by atoms with Crippen LogP contribution in [0.2, 0.25) is 0 Å². The molecule has 2 atom stereocenters. The van der Waals surface area contributed by atoms with Gasteiger partial charge in [0.2, 0.25) is 5.91 Å². The first-order chi connectivity index (χ1) is 17.5. The number of benzene rings is 2. The van der Waals surface area contributed by atoms with Crippen LogP contribution in [0.4, 0.5) is 10.5 Å². The topological polar surface area (TPSA) is 88.2 Å². The van der Waals surface area contributed by atoms with E-state index in [0.29, 0.717) is 42.4 Å². The number of aryl methyl sites for hydroxylation is 1. The predicted molar refractivity (Wildman–Crippen MR) is 136 cm³/mol. The lowest BCUT2D eigenvalue weighted by molar-refractivity contribution is -0.141. The van der Waals surface area contributed by atoms with Gasteiger partial charge in [-0.1, -0.05) is 42.5 Å². The summed E-state index contributed by atoms with van der Waals surface area (Å²) in [5, 5.41) is 4.72. The minimum absolute atomic E-state index is 0.155. The van der Waals surface area contributed by atoms with Crippen molar-refractivity contribution in [3.63, 3.8) is 0 Å². The molecule has 1 aromatic heterocycles. The van der Waals surface area contributed by atoms with Gasteiger partial charge in [0.15, 0.2) is 12.1 Å². The number of ether oxygens (including phenoxy) is 2. The van der Waals surface area contributed by atoms with Crippen LogP contribution in [0.5, 0.6) is 0 Å². The molecular weight excluding hydrogens is 478 g/mol. The summed E-state index contributed by atoms with van der Waals surface area (Å²) in [5.41, 5.74) is 3.31. The highest BCUT2D eigenvalue weighted by Gasteiger charge is 2.48. The maximum absolute atomic E-state index is 13.7. The number of thiophene rings is 1. The molecule has 2 saturated heterocycles. The second kappa shape index (κ2) is 10.5. The number of hydrogen-bond acceptors (Lipinski definition) is 6. The van der Waals surface area contributed by atoms with Gasteiger partial charge in [0.1, 0.15) is 0 Å². The van der Waals surface area contributed by atoms with E-state index in [9.17, 15) is 14.4 Å². The first kappa shape index (κ1) is 24.0. The summed E-state index contributed by atoms with van der Waals surface area (Å²) < 4.78 is 11.2. The Balaban J connectivity index is 1.40. The van der Waals surface area contributed by atoms with Crippen molar-refractivity contribution in [2.75, 3.05) is 31.6 Å². The predicted octanol–water partition coefficient (Wildman–Crippen LogP) is 4.23. The zero-order valence-corrected chi connectivity index (χ0v) is 20.7. The highest BCUT2D eigenvalue weighted by Crippen LogP contribution is 2.36. The Morgan fingerprint density at radius 3 is 2.47 bits per heavy atom. The fourth-order valence-corrected chi connectivity index (χ4v) is 5.11. The number of hydrogen-bond donors (Lipinski definition) is 1. The van der Waals surface area contributed by atoms with Crippen molar-refractivity contribution in [3.8, 4) is 0 Å². The van der Waals surface area contributed by atoms with Crippen molar-refractivity contribution in [2.24, 2.45) is 0 Å². The van der Waals surface area contributed by atoms with Gasteiger partial charge in [-0.15, -0.1) is 11.3 Å². The highest BCUT2D eigenvalue weighted by atomic mass is 32.1. The van der Waals surface area contributed by atoms with Crippen LogP contribution in [-0.4, -0.2) is 60.1 Å². The van der Waals surface area contributed by atoms with Crippen LogP contribution in [0.1, 0.15) is 32.5 Å². The van der Waals surface area contributed by atoms with E-state index in [-0.39, 0.29) is 18.4 Å². The van der Waals surface area contributed by atoms with Crippen LogP contribution in [0.3, 0.4) is 0 Å². The summed E-state index contributed by atoms with van der Waals surface area (Å²) in [5.74, 6) is -0.340. The van der Waals surface area contributed by atoms with Crippen molar-refractivity contribution < 1.29 is 23.9 Å². The fourth-order valence-electron chi connectivity index (χ4n) is 4.49. The van der Waals surface area contributed by atoms with E-state index in [1.165, 1.54) is 16.2 Å². The van der Waals surface area contributed by atoms with Gasteiger partial charge in [-0.2, -0.15) is 0 Å². The maximum Gasteiger partial charge on any atom is 0.411 e. The Kier molecular flexibility index (Phi) is 7.02. The number of anilines is 1. The Bertz CT molecular complexity index is 1240. The number of nitrogens with zero attached hydrogens (tertiary/aromatic N) is 2. The molecule has 3 heterocycles. The monoisotopic (exact) mass is 505 g/mol. The second-order valence-corrected chi connectivity index (χ2v) is 9.74. The number of rotatable bonds is 6. The summed E-state index contributed by atoms with van der Waals surface area (Å²) in [6.07, 6.45) is -1.29. The third-order valence-corrected chi connectivity index (χ3v) is 7.37. The van der Waals surface area contributed by atoms with E-state index in [0.717, 1.165) is 11.1 Å². The largest absolute Gasteiger partial charge is 0.438 e. The number of morpholine rings is 1. The highest BCUT2D eigenvalue weighted by molar-refractivity contribution is 7.12. The molecule has 0 saturated carbocycles. The first-order valence-electron chi connectivity index (χ1n) is 11.8. The normalized spacial score (nSPS) is 19.8. The molecule has 0 radical (unpaired) electrons. The van der Waals surface area contributed by atoms with Gasteiger partial charge in [-0.25, -0.2) is 4.79 Å². The van der Waals surface area contributed by atoms with Crippen molar-refractivity contribution >= 4 is 34.9 Å². The minimum atomic E-state index is -0.804. The number of carbonyl (C=O) groups excluding carboxylic acids is 3. The molecule has 36 heavy (non-hydrogen) atoms. The van der Waals surface area contributed by atoms with Gasteiger partial charge in [0.25, 0.3) is 5.91 Å². The molecule has 8 nitrogen and oxygen atoms in total. The molecule has 5 rings (SSSR count). The van der Waals surface area contributed by atoms with Crippen molar-refractivity contribution in [3.05, 3.63) is 87.6 Å². The van der Waals surface area contributed by atoms with Crippen LogP contribution < -0.4 is 5.32 Å². The molecule has 2 aliphatic heterocycles. The Labute approximate surface area is 213 Å². The fraction of sp³-hybridized carbons (Fsp3) is 0.296. The summed E-state index contributed by atoms with van der Waals surface area (Å²) >= 11 is 1.37. The van der Waals surface area contributed by atoms with E-state index in [1.807, 2.05) is 42.6 Å². The summed E-state index contributed by atoms with van der Waals surface area (Å²) in [6.45, 7) is 4.14. The quantitative estimate of drug-likeness (QED) is 0.542. The van der Waals surface area contributed by atoms with Crippen molar-refractivity contribution in [1.82, 2.24) is 9.80 Å². The molecule has 2 aromatic carbocycles. The van der Waals surface area contributed by atoms with Crippen LogP contribution in [0, 0.1) is 6.92 Å². The molecule has 0 unspecified atom stereocenters. The molecule has 3 amide bonds. The van der Waals surface area contributed by atoms with Gasteiger partial charge in [-0.3, -0.25) is 14.5 Å². The number of cyclic esters (lactones) is 1. The average Bonchev–Trinajstić information content (AvgIpc) is 3.55. The van der Waals surface area contributed by atoms with E-state index in [2.05, 4.69) is 5.32 Å². The number of carbonyl (C=O) groups is 3. The smallest absolute Gasteiger partial charge is 0.411 e. The molecule has 1 N–H and O–H groups in total. The molecular formula is C27H27N3O5S. The molecule has 3 aromatic rings. The van der Waals surface area contributed by atoms with Gasteiger partial charge in [0.05, 0.1) is 24.6 Å². The van der Waals surface area contributed by atoms with Gasteiger partial charge >= 0.3 is 6.09 Å². The first-order valence-corrected chi connectivity index (χ1v) is 12.7. The van der Waals surface area contributed by atoms with Gasteiger partial charge in [0, 0.05) is 18.8 Å². The molecule has 2 fully saturated rings. The van der Waals surface area contributed by atoms with Crippen LogP contribution in [0.15, 0.2) is 66.0 Å². The summed E-state index contributed by atoms with van der Waals surface area (Å²) in [6, 6.07) is 17.7. The SMILES string of the molecule is Cc1ccccc1CN1C(=O)O[C@@H](c2ccc(NC(=O)c3cccs3)cc2)[C@@H]1C(=O)N1CCOCC1. The van der Waals surface area contributed by atoms with Crippen molar-refractivity contribution in [1.29, 1.82) is 0 Å². The Morgan fingerprint density at radius 1 is 1.03 bits per heavy atom. The lowest BCUT2D eigenvalue weighted by Gasteiger charge is -2.33. The molecule has 0 aliphatic carbocycles. The second-order valence-electron chi connectivity index (χ2n) is 8.79. The summed E-state index contributed by atoms with van der Waals surface area (Å²) in [7, 11) is 0. The van der Waals surface area contributed by atoms with Crippen LogP contribution >= 0.6 is 11.3 Å². The molecule has 186 valence electrons. The lowest BCUT2D eigenvalue weighted by atomic mass is 9.99. The molecule has 9 heteroatoms. The number of amides is 3. The molecule has 2 aliphatic rings. The van der Waals surface area contributed by atoms with Gasteiger partial charge in [-0.05, 0) is 47.2 Å². The number of nitrogens with one attached hydrogen (secondary N) is 1. The Morgan fingerprint density at radius 2 is 1.78 bits per heavy atom. The van der Waals surface area contributed by atoms with Gasteiger partial charge < -0.3 is 19.7 Å². The summed E-state index contributed by atoms with van der Waals surface area (Å²) in [4.78, 5) is 43.0. The standard InChI is InChI=1S/C27H27N3O5S/c1-18-5-2-3-6-20(18)17-30-23(26(32)29-12-14-34-15-13-29)24(35-27(30)33)19-8-10-21(11-9-19)28-25(31)22-7-4-16-36-22/h2-11,16,23-24H,12-15,17H2,1H3,(H,28,31)/t23-,24+/m1/s1. The average molecular weight is 506 g/mol. The zero-order chi connectivity index (χ0) is 25.1. The minimum Gasteiger partial charge on any atom is -0.438 e. The lowest BCUT2D eigenvalue weighted by Crippen LogP contribution is -2.51. The Hall–Kier alpha value is -3.69.